The Bertz CT molecular complexity index is 1290. The van der Waals surface area contributed by atoms with E-state index in [1.807, 2.05) is 0 Å². The van der Waals surface area contributed by atoms with Gasteiger partial charge in [0.05, 0.1) is 18.6 Å². The summed E-state index contributed by atoms with van der Waals surface area (Å²) in [6.07, 6.45) is 0.736. The minimum absolute atomic E-state index is 0.0276. The standard InChI is InChI=1S/C17H22ClN7O8P2/c18-17-23-14(22-10-6-19-3-4-20-10)11-15(24-17)25(7-21-11)16-13(27)12(26)9(33-16)2-1-5-34(28,29)8-35(30,31)32/h3-4,6-7,9,12-13,16,26-27H,1-2,5,8H2,(H,28,29)(H2,30,31,32)(H,20,22,23,24)/t9-,12?,13?,16-/m1/s1. The molecule has 3 aromatic rings. The van der Waals surface area contributed by atoms with Crippen molar-refractivity contribution in [1.29, 1.82) is 0 Å². The van der Waals surface area contributed by atoms with E-state index >= 15 is 0 Å². The predicted octanol–water partition coefficient (Wildman–Crippen LogP) is 0.818. The van der Waals surface area contributed by atoms with Crippen LogP contribution < -0.4 is 5.32 Å². The van der Waals surface area contributed by atoms with E-state index in [4.69, 9.17) is 26.1 Å². The van der Waals surface area contributed by atoms with Crippen LogP contribution in [0.4, 0.5) is 11.6 Å². The Kier molecular flexibility index (Phi) is 7.53. The van der Waals surface area contributed by atoms with Crippen LogP contribution in [0.3, 0.4) is 0 Å². The first-order chi connectivity index (χ1) is 16.4. The number of aliphatic hydroxyl groups excluding tert-OH is 2. The molecule has 190 valence electrons. The second-order valence-corrected chi connectivity index (χ2v) is 12.9. The van der Waals surface area contributed by atoms with Gasteiger partial charge in [-0.25, -0.2) is 9.97 Å². The Labute approximate surface area is 202 Å². The van der Waals surface area contributed by atoms with Gasteiger partial charge in [-0.3, -0.25) is 18.7 Å². The number of nitrogens with one attached hydrogen (secondary N) is 1. The SMILES string of the molecule is O=P(O)(O)CP(=O)(O)CCC[C@H]1O[C@@H](n2cnc3c(Nc4cnccn4)nc(Cl)nc32)C(O)C1O. The van der Waals surface area contributed by atoms with E-state index in [0.29, 0.717) is 5.82 Å². The zero-order chi connectivity index (χ0) is 25.4. The van der Waals surface area contributed by atoms with Gasteiger partial charge in [-0.05, 0) is 24.4 Å². The second-order valence-electron chi connectivity index (χ2n) is 7.95. The first-order valence-corrected chi connectivity index (χ1v) is 14.4. The highest BCUT2D eigenvalue weighted by Crippen LogP contribution is 2.55. The molecular weight excluding hydrogens is 528 g/mol. The van der Waals surface area contributed by atoms with Gasteiger partial charge in [0.15, 0.2) is 23.2 Å². The molecule has 15 nitrogen and oxygen atoms in total. The van der Waals surface area contributed by atoms with Gasteiger partial charge in [-0.2, -0.15) is 9.97 Å². The molecule has 5 atom stereocenters. The maximum Gasteiger partial charge on any atom is 0.335 e. The zero-order valence-electron chi connectivity index (χ0n) is 17.9. The van der Waals surface area contributed by atoms with Crippen molar-refractivity contribution in [1.82, 2.24) is 29.5 Å². The van der Waals surface area contributed by atoms with E-state index < -0.39 is 45.4 Å². The van der Waals surface area contributed by atoms with Crippen molar-refractivity contribution in [2.75, 3.05) is 17.4 Å². The molecule has 1 saturated heterocycles. The molecule has 0 bridgehead atoms. The third-order valence-electron chi connectivity index (χ3n) is 5.22. The third kappa shape index (κ3) is 6.20. The number of hydrogen-bond donors (Lipinski definition) is 6. The second kappa shape index (κ2) is 10.1. The molecule has 0 amide bonds. The molecule has 0 saturated carbocycles. The van der Waals surface area contributed by atoms with Crippen LogP contribution in [0, 0.1) is 0 Å². The lowest BCUT2D eigenvalue weighted by molar-refractivity contribution is -0.0370. The minimum atomic E-state index is -4.65. The van der Waals surface area contributed by atoms with E-state index in [9.17, 15) is 24.2 Å². The Morgan fingerprint density at radius 1 is 1.11 bits per heavy atom. The molecule has 1 aliphatic heterocycles. The number of rotatable bonds is 9. The van der Waals surface area contributed by atoms with Crippen LogP contribution in [-0.4, -0.2) is 84.8 Å². The van der Waals surface area contributed by atoms with E-state index in [0.717, 1.165) is 0 Å². The molecule has 0 spiro atoms. The molecule has 4 heterocycles. The highest BCUT2D eigenvalue weighted by molar-refractivity contribution is 7.72. The summed E-state index contributed by atoms with van der Waals surface area (Å²) in [7, 11) is -8.72. The van der Waals surface area contributed by atoms with Gasteiger partial charge < -0.3 is 34.9 Å². The first kappa shape index (κ1) is 26.0. The predicted molar refractivity (Wildman–Crippen MR) is 122 cm³/mol. The molecule has 35 heavy (non-hydrogen) atoms. The van der Waals surface area contributed by atoms with Crippen LogP contribution in [0.15, 0.2) is 24.9 Å². The van der Waals surface area contributed by atoms with Gasteiger partial charge in [0, 0.05) is 18.6 Å². The van der Waals surface area contributed by atoms with Crippen molar-refractivity contribution in [3.05, 3.63) is 30.2 Å². The van der Waals surface area contributed by atoms with Crippen molar-refractivity contribution in [3.8, 4) is 0 Å². The summed E-state index contributed by atoms with van der Waals surface area (Å²) in [5.41, 5.74) is 0.488. The van der Waals surface area contributed by atoms with Gasteiger partial charge in [0.1, 0.15) is 23.9 Å². The summed E-state index contributed by atoms with van der Waals surface area (Å²) in [6, 6.07) is 0. The molecule has 3 aromatic heterocycles. The van der Waals surface area contributed by atoms with Crippen molar-refractivity contribution in [2.45, 2.75) is 37.4 Å². The minimum Gasteiger partial charge on any atom is -0.388 e. The van der Waals surface area contributed by atoms with Gasteiger partial charge in [-0.1, -0.05) is 0 Å². The number of halogens is 1. The van der Waals surface area contributed by atoms with Crippen molar-refractivity contribution < 1.29 is 38.8 Å². The average Bonchev–Trinajstić information content (AvgIpc) is 3.29. The Balaban J connectivity index is 1.50. The summed E-state index contributed by atoms with van der Waals surface area (Å²) < 4.78 is 30.2. The molecule has 6 N–H and O–H groups in total. The van der Waals surface area contributed by atoms with E-state index in [-0.39, 0.29) is 41.3 Å². The van der Waals surface area contributed by atoms with Crippen LogP contribution >= 0.6 is 26.6 Å². The summed E-state index contributed by atoms with van der Waals surface area (Å²) in [5, 5.41) is 23.9. The molecule has 0 radical (unpaired) electrons. The summed E-state index contributed by atoms with van der Waals surface area (Å²) in [5.74, 6) is -0.510. The Morgan fingerprint density at radius 3 is 2.57 bits per heavy atom. The smallest absolute Gasteiger partial charge is 0.335 e. The highest BCUT2D eigenvalue weighted by atomic mass is 35.5. The van der Waals surface area contributed by atoms with Gasteiger partial charge in [-0.15, -0.1) is 0 Å². The summed E-state index contributed by atoms with van der Waals surface area (Å²) >= 11 is 6.08. The lowest BCUT2D eigenvalue weighted by atomic mass is 10.1. The summed E-state index contributed by atoms with van der Waals surface area (Å²) in [6.45, 7) is 0. The van der Waals surface area contributed by atoms with Crippen molar-refractivity contribution >= 4 is 49.4 Å². The molecule has 3 unspecified atom stereocenters. The number of nitrogens with zero attached hydrogens (tertiary/aromatic N) is 6. The lowest BCUT2D eigenvalue weighted by Crippen LogP contribution is -2.31. The fourth-order valence-electron chi connectivity index (χ4n) is 3.74. The molecule has 18 heteroatoms. The number of anilines is 2. The number of aliphatic hydroxyl groups is 2. The molecule has 1 aliphatic rings. The average molecular weight is 550 g/mol. The largest absolute Gasteiger partial charge is 0.388 e. The van der Waals surface area contributed by atoms with Crippen LogP contribution in [0.25, 0.3) is 11.2 Å². The fourth-order valence-corrected chi connectivity index (χ4v) is 7.45. The summed E-state index contributed by atoms with van der Waals surface area (Å²) in [4.78, 5) is 48.2. The highest BCUT2D eigenvalue weighted by Gasteiger charge is 2.44. The monoisotopic (exact) mass is 549 g/mol. The maximum atomic E-state index is 12.0. The normalized spacial score (nSPS) is 24.5. The number of ether oxygens (including phenoxy) is 1. The number of aromatic nitrogens is 6. The number of hydrogen-bond acceptors (Lipinski definition) is 11. The molecule has 1 fully saturated rings. The molecule has 0 aromatic carbocycles. The number of imidazole rings is 1. The Morgan fingerprint density at radius 2 is 1.89 bits per heavy atom. The van der Waals surface area contributed by atoms with Crippen molar-refractivity contribution in [3.63, 3.8) is 0 Å². The Hall–Kier alpha value is -2.06. The maximum absolute atomic E-state index is 12.0. The van der Waals surface area contributed by atoms with E-state index in [1.165, 1.54) is 29.5 Å². The molecule has 0 aliphatic carbocycles. The fraction of sp³-hybridized carbons (Fsp3) is 0.471. The quantitative estimate of drug-likeness (QED) is 0.160. The lowest BCUT2D eigenvalue weighted by Gasteiger charge is -2.17. The van der Waals surface area contributed by atoms with Crippen molar-refractivity contribution in [2.24, 2.45) is 0 Å². The molecular formula is C17H22ClN7O8P2. The van der Waals surface area contributed by atoms with Gasteiger partial charge >= 0.3 is 7.60 Å². The van der Waals surface area contributed by atoms with Gasteiger partial charge in [0.25, 0.3) is 0 Å². The van der Waals surface area contributed by atoms with E-state index in [1.54, 1.807) is 0 Å². The van der Waals surface area contributed by atoms with E-state index in [2.05, 4.69) is 30.2 Å². The third-order valence-corrected chi connectivity index (χ3v) is 9.64. The van der Waals surface area contributed by atoms with Crippen LogP contribution in [-0.2, 0) is 13.9 Å². The zero-order valence-corrected chi connectivity index (χ0v) is 20.4. The molecule has 4 rings (SSSR count). The van der Waals surface area contributed by atoms with Gasteiger partial charge in [0.2, 0.25) is 12.7 Å². The first-order valence-electron chi connectivity index (χ1n) is 10.2. The number of fused-ring (bicyclic) bond motifs is 1. The van der Waals surface area contributed by atoms with Crippen LogP contribution in [0.1, 0.15) is 19.1 Å². The van der Waals surface area contributed by atoms with Crippen LogP contribution in [0.5, 0.6) is 0 Å². The topological polar surface area (TPSA) is 226 Å². The van der Waals surface area contributed by atoms with Crippen LogP contribution in [0.2, 0.25) is 5.28 Å².